The number of alkyl halides is 7. The quantitative estimate of drug-likeness (QED) is 0.262. The van der Waals surface area contributed by atoms with Crippen LogP contribution in [-0.4, -0.2) is 49.9 Å². The summed E-state index contributed by atoms with van der Waals surface area (Å²) in [5.74, 6) is -1.45. The summed E-state index contributed by atoms with van der Waals surface area (Å²) in [6, 6.07) is 10.9. The Morgan fingerprint density at radius 1 is 0.870 bits per heavy atom. The maximum atomic E-state index is 15.0. The van der Waals surface area contributed by atoms with Crippen molar-refractivity contribution in [1.29, 1.82) is 0 Å². The predicted octanol–water partition coefficient (Wildman–Crippen LogP) is 6.71. The van der Waals surface area contributed by atoms with Crippen LogP contribution in [0.25, 0.3) is 0 Å². The summed E-state index contributed by atoms with van der Waals surface area (Å²) in [6.45, 7) is 1.29. The summed E-state index contributed by atoms with van der Waals surface area (Å²) in [5, 5.41) is 0. The normalized spacial score (nSPS) is 20.3. The van der Waals surface area contributed by atoms with Crippen molar-refractivity contribution in [3.8, 4) is 0 Å². The van der Waals surface area contributed by atoms with Crippen molar-refractivity contribution in [2.45, 2.75) is 72.7 Å². The molecule has 0 bridgehead atoms. The Labute approximate surface area is 259 Å². The number of nitrogens with zero attached hydrogens (tertiary/aromatic N) is 1. The maximum Gasteiger partial charge on any atom is 0.435 e. The largest absolute Gasteiger partial charge is 0.435 e. The second kappa shape index (κ2) is 11.5. The molecule has 0 radical (unpaired) electrons. The first-order valence-electron chi connectivity index (χ1n) is 14.2. The van der Waals surface area contributed by atoms with Crippen LogP contribution in [0.4, 0.5) is 35.1 Å². The Morgan fingerprint density at radius 3 is 2.04 bits per heavy atom. The molecular formula is C32H27F8NO4S. The zero-order valence-corrected chi connectivity index (χ0v) is 25.0. The lowest BCUT2D eigenvalue weighted by Crippen LogP contribution is -2.53. The summed E-state index contributed by atoms with van der Waals surface area (Å²) in [7, 11) is -4.66. The number of carbonyl (C=O) groups is 2. The van der Waals surface area contributed by atoms with Crippen molar-refractivity contribution in [3.63, 3.8) is 0 Å². The van der Waals surface area contributed by atoms with Gasteiger partial charge >= 0.3 is 18.0 Å². The van der Waals surface area contributed by atoms with Crippen molar-refractivity contribution in [2.75, 3.05) is 6.54 Å². The van der Waals surface area contributed by atoms with Crippen molar-refractivity contribution in [3.05, 3.63) is 100 Å². The molecule has 1 fully saturated rings. The molecule has 2 unspecified atom stereocenters. The van der Waals surface area contributed by atoms with E-state index in [0.717, 1.165) is 35.9 Å². The monoisotopic (exact) mass is 673 g/mol. The Bertz CT molecular complexity index is 1770. The molecule has 46 heavy (non-hydrogen) atoms. The summed E-state index contributed by atoms with van der Waals surface area (Å²) in [5.41, 5.74) is -6.61. The van der Waals surface area contributed by atoms with Crippen molar-refractivity contribution < 1.29 is 53.1 Å². The number of sulfone groups is 1. The van der Waals surface area contributed by atoms with Crippen LogP contribution < -0.4 is 0 Å². The molecule has 1 saturated heterocycles. The molecule has 5 rings (SSSR count). The molecule has 5 nitrogen and oxygen atoms in total. The molecule has 2 atom stereocenters. The Kier molecular flexibility index (Phi) is 8.36. The predicted molar refractivity (Wildman–Crippen MR) is 150 cm³/mol. The van der Waals surface area contributed by atoms with Gasteiger partial charge in [0.15, 0.2) is 9.84 Å². The summed E-state index contributed by atoms with van der Waals surface area (Å²) in [4.78, 5) is 25.9. The van der Waals surface area contributed by atoms with E-state index in [9.17, 15) is 53.1 Å². The number of aryl methyl sites for hydroxylation is 1. The fourth-order valence-corrected chi connectivity index (χ4v) is 9.11. The first-order chi connectivity index (χ1) is 21.3. The van der Waals surface area contributed by atoms with Gasteiger partial charge in [-0.25, -0.2) is 17.2 Å². The van der Waals surface area contributed by atoms with E-state index in [-0.39, 0.29) is 61.6 Å². The zero-order valence-electron chi connectivity index (χ0n) is 24.2. The highest BCUT2D eigenvalue weighted by Gasteiger charge is 2.73. The Balaban J connectivity index is 1.60. The fourth-order valence-electron chi connectivity index (χ4n) is 6.71. The molecule has 1 aliphatic carbocycles. The van der Waals surface area contributed by atoms with Crippen LogP contribution in [0.1, 0.15) is 47.6 Å². The Morgan fingerprint density at radius 2 is 1.48 bits per heavy atom. The minimum atomic E-state index is -6.37. The number of hydrogen-bond donors (Lipinski definition) is 0. The smallest absolute Gasteiger partial charge is 0.337 e. The van der Waals surface area contributed by atoms with E-state index in [1.807, 2.05) is 0 Å². The fraction of sp³-hybridized carbons (Fsp3) is 0.375. The first kappa shape index (κ1) is 33.6. The molecule has 1 aliphatic heterocycles. The van der Waals surface area contributed by atoms with E-state index < -0.39 is 60.8 Å². The molecule has 0 saturated carbocycles. The number of Topliss-reactive ketones (excluding diaryl/α,β-unsaturated/α-hetero) is 1. The average molecular weight is 674 g/mol. The molecule has 1 heterocycles. The van der Waals surface area contributed by atoms with Crippen LogP contribution in [0.5, 0.6) is 0 Å². The standard InChI is InChI=1S/C32H27F8NO4S/c1-19(42)15-20-5-7-21(8-6-20)16-28(43)41-14-13-29(46(44,45)25-4-2-3-24(33)18-25)26-11-10-23(17-22(26)9-12-27(29)41)30(34,31(35,36)37)32(38,39)40/h2-8,10-11,17-18,27H,9,12-16H2,1H3. The van der Waals surface area contributed by atoms with E-state index in [4.69, 9.17) is 0 Å². The zero-order chi connectivity index (χ0) is 33.9. The minimum Gasteiger partial charge on any atom is -0.337 e. The molecular weight excluding hydrogens is 646 g/mol. The van der Waals surface area contributed by atoms with Gasteiger partial charge in [-0.15, -0.1) is 0 Å². The summed E-state index contributed by atoms with van der Waals surface area (Å²) in [6.07, 6.45) is -13.5. The van der Waals surface area contributed by atoms with Crippen molar-refractivity contribution >= 4 is 21.5 Å². The number of carbonyl (C=O) groups excluding carboxylic acids is 2. The first-order valence-corrected chi connectivity index (χ1v) is 15.6. The van der Waals surface area contributed by atoms with E-state index in [1.54, 1.807) is 24.3 Å². The highest BCUT2D eigenvalue weighted by Crippen LogP contribution is 2.56. The lowest BCUT2D eigenvalue weighted by molar-refractivity contribution is -0.348. The van der Waals surface area contributed by atoms with E-state index in [1.165, 1.54) is 11.8 Å². The third-order valence-electron chi connectivity index (χ3n) is 8.80. The van der Waals surface area contributed by atoms with Gasteiger partial charge in [-0.3, -0.25) is 9.59 Å². The number of benzene rings is 3. The number of amides is 1. The molecule has 3 aromatic rings. The summed E-state index contributed by atoms with van der Waals surface area (Å²) >= 11 is 0. The Hall–Kier alpha value is -3.81. The van der Waals surface area contributed by atoms with Crippen LogP contribution in [0, 0.1) is 5.82 Å². The van der Waals surface area contributed by atoms with Gasteiger partial charge in [-0.1, -0.05) is 48.5 Å². The van der Waals surface area contributed by atoms with Crippen LogP contribution in [-0.2, 0) is 49.1 Å². The van der Waals surface area contributed by atoms with Crippen LogP contribution in [0.15, 0.2) is 71.6 Å². The van der Waals surface area contributed by atoms with Gasteiger partial charge in [0.05, 0.1) is 17.4 Å². The van der Waals surface area contributed by atoms with Crippen LogP contribution in [0.3, 0.4) is 0 Å². The lowest BCUT2D eigenvalue weighted by atomic mass is 9.76. The topological polar surface area (TPSA) is 71.5 Å². The number of ketones is 1. The van der Waals surface area contributed by atoms with Gasteiger partial charge in [-0.2, -0.15) is 26.3 Å². The van der Waals surface area contributed by atoms with Crippen molar-refractivity contribution in [2.24, 2.45) is 0 Å². The molecule has 0 spiro atoms. The highest BCUT2D eigenvalue weighted by molar-refractivity contribution is 7.92. The molecule has 2 aliphatic rings. The maximum absolute atomic E-state index is 15.0. The molecule has 1 amide bonds. The molecule has 246 valence electrons. The second-order valence-corrected chi connectivity index (χ2v) is 13.8. The van der Waals surface area contributed by atoms with Crippen LogP contribution >= 0.6 is 0 Å². The van der Waals surface area contributed by atoms with Gasteiger partial charge in [-0.05, 0) is 66.6 Å². The lowest BCUT2D eigenvalue weighted by Gasteiger charge is -2.43. The van der Waals surface area contributed by atoms with E-state index in [2.05, 4.69) is 0 Å². The average Bonchev–Trinajstić information content (AvgIpc) is 3.38. The second-order valence-electron chi connectivity index (χ2n) is 11.6. The SMILES string of the molecule is CC(=O)Cc1ccc(CC(=O)N2CCC3(S(=O)(=O)c4cccc(F)c4)c4ccc(C(F)(C(F)(F)F)C(F)(F)F)cc4CCC23)cc1. The molecule has 0 N–H and O–H groups in total. The highest BCUT2D eigenvalue weighted by atomic mass is 32.2. The van der Waals surface area contributed by atoms with Gasteiger partial charge in [0.1, 0.15) is 16.3 Å². The van der Waals surface area contributed by atoms with E-state index in [0.29, 0.717) is 11.6 Å². The van der Waals surface area contributed by atoms with Gasteiger partial charge in [0.2, 0.25) is 5.91 Å². The van der Waals surface area contributed by atoms with Crippen LogP contribution in [0.2, 0.25) is 0 Å². The van der Waals surface area contributed by atoms with Gasteiger partial charge in [0, 0.05) is 18.5 Å². The number of likely N-dealkylation sites (tertiary alicyclic amines) is 1. The third kappa shape index (κ3) is 5.37. The minimum absolute atomic E-state index is 0.0598. The van der Waals surface area contributed by atoms with Gasteiger partial charge in [0.25, 0.3) is 0 Å². The van der Waals surface area contributed by atoms with Gasteiger partial charge < -0.3 is 4.90 Å². The molecule has 3 aromatic carbocycles. The number of rotatable bonds is 7. The number of fused-ring (bicyclic) bond motifs is 3. The molecule has 14 heteroatoms. The molecule has 0 aromatic heterocycles. The third-order valence-corrected chi connectivity index (χ3v) is 11.3. The van der Waals surface area contributed by atoms with Crippen molar-refractivity contribution in [1.82, 2.24) is 4.90 Å². The summed E-state index contributed by atoms with van der Waals surface area (Å²) < 4.78 is 137. The number of halogens is 8. The van der Waals surface area contributed by atoms with E-state index >= 15 is 0 Å². The number of hydrogen-bond acceptors (Lipinski definition) is 4.